The number of aliphatic imine (C=N–C) groups is 2. The number of nitrogens with one attached hydrogen (secondary N) is 1. The number of para-hydroxylation sites is 3. The predicted octanol–water partition coefficient (Wildman–Crippen LogP) is 13.3. The van der Waals surface area contributed by atoms with Gasteiger partial charge < -0.3 is 18.7 Å². The van der Waals surface area contributed by atoms with E-state index in [-0.39, 0.29) is 0 Å². The van der Waals surface area contributed by atoms with Gasteiger partial charge in [0.1, 0.15) is 22.6 Å². The number of allylic oxidation sites excluding steroid dienone is 3. The fraction of sp³-hybridized carbons (Fsp3) is 0.0943. The number of benzene rings is 7. The zero-order chi connectivity index (χ0) is 39.2. The maximum Gasteiger partial charge on any atom is 0.160 e. The molecule has 12 rings (SSSR count). The van der Waals surface area contributed by atoms with Crippen molar-refractivity contribution < 1.29 is 8.83 Å². The molecule has 2 aliphatic rings. The molecule has 10 aromatic rings. The van der Waals surface area contributed by atoms with Crippen LogP contribution in [0.5, 0.6) is 0 Å². The van der Waals surface area contributed by atoms with Crippen molar-refractivity contribution in [2.45, 2.75) is 25.9 Å². The Bertz CT molecular complexity index is 3430. The summed E-state index contributed by atoms with van der Waals surface area (Å²) in [5.41, 5.74) is 11.4. The van der Waals surface area contributed by atoms with Crippen molar-refractivity contribution >= 4 is 77.4 Å². The standard InChI is InChI=1S/C53H38N4O2/c1-32-13-10-16-36(29-32)53(2)55-51(33-14-4-3-5-15-33)54-52(56-53)40-20-12-24-48-49(40)42-31-35(26-28-47(42)58-48)34-25-27-46-41(30-34)39-19-11-23-45(50(39)59-46)57-43-21-8-6-17-37(43)38-18-7-9-22-44(38)57/h3-28,30-32H,29H2,1-2H3,(H,54,55,56). The number of nitrogens with zero attached hydrogens (tertiary/aromatic N) is 3. The summed E-state index contributed by atoms with van der Waals surface area (Å²) in [4.78, 5) is 10.6. The van der Waals surface area contributed by atoms with Gasteiger partial charge in [0.15, 0.2) is 17.1 Å². The second kappa shape index (κ2) is 12.8. The van der Waals surface area contributed by atoms with Gasteiger partial charge in [-0.15, -0.1) is 0 Å². The van der Waals surface area contributed by atoms with Crippen molar-refractivity contribution in [1.82, 2.24) is 9.88 Å². The van der Waals surface area contributed by atoms with Gasteiger partial charge in [0.05, 0.1) is 16.7 Å². The molecule has 6 heteroatoms. The van der Waals surface area contributed by atoms with E-state index in [4.69, 9.17) is 18.8 Å². The lowest BCUT2D eigenvalue weighted by molar-refractivity contribution is 0.471. The van der Waals surface area contributed by atoms with Gasteiger partial charge in [0.25, 0.3) is 0 Å². The highest BCUT2D eigenvalue weighted by Crippen LogP contribution is 2.41. The van der Waals surface area contributed by atoms with Crippen LogP contribution in [0, 0.1) is 5.92 Å². The lowest BCUT2D eigenvalue weighted by Gasteiger charge is -2.36. The molecule has 0 amide bonds. The Kier molecular flexibility index (Phi) is 7.30. The lowest BCUT2D eigenvalue weighted by atomic mass is 9.87. The van der Waals surface area contributed by atoms with E-state index in [0.29, 0.717) is 11.8 Å². The predicted molar refractivity (Wildman–Crippen MR) is 243 cm³/mol. The van der Waals surface area contributed by atoms with Crippen molar-refractivity contribution in [2.24, 2.45) is 15.9 Å². The van der Waals surface area contributed by atoms with Gasteiger partial charge in [-0.25, -0.2) is 9.98 Å². The third-order valence-corrected chi connectivity index (χ3v) is 12.2. The molecule has 0 saturated carbocycles. The number of hydrogen-bond donors (Lipinski definition) is 1. The zero-order valence-corrected chi connectivity index (χ0v) is 32.6. The summed E-state index contributed by atoms with van der Waals surface area (Å²) in [5.74, 6) is 1.90. The number of furan rings is 2. The number of fused-ring (bicyclic) bond motifs is 9. The maximum atomic E-state index is 6.73. The summed E-state index contributed by atoms with van der Waals surface area (Å²) in [7, 11) is 0. The van der Waals surface area contributed by atoms with Gasteiger partial charge in [0, 0.05) is 43.4 Å². The van der Waals surface area contributed by atoms with E-state index in [1.54, 1.807) is 0 Å². The van der Waals surface area contributed by atoms with Crippen LogP contribution in [0.25, 0.3) is 82.5 Å². The minimum Gasteiger partial charge on any atom is -0.456 e. The van der Waals surface area contributed by atoms with Crippen molar-refractivity contribution in [3.8, 4) is 16.8 Å². The van der Waals surface area contributed by atoms with Crippen LogP contribution in [0.2, 0.25) is 0 Å². The fourth-order valence-electron chi connectivity index (χ4n) is 9.35. The maximum absolute atomic E-state index is 6.73. The van der Waals surface area contributed by atoms with Gasteiger partial charge in [-0.2, -0.15) is 0 Å². The number of amidine groups is 2. The average Bonchev–Trinajstić information content (AvgIpc) is 3.96. The topological polar surface area (TPSA) is 68.0 Å². The van der Waals surface area contributed by atoms with Crippen LogP contribution in [0.1, 0.15) is 31.4 Å². The molecule has 3 aromatic heterocycles. The summed E-state index contributed by atoms with van der Waals surface area (Å²) in [6.45, 7) is 4.41. The number of rotatable bonds is 5. The Hall–Kier alpha value is -7.44. The third-order valence-electron chi connectivity index (χ3n) is 12.2. The summed E-state index contributed by atoms with van der Waals surface area (Å²) >= 11 is 0. The van der Waals surface area contributed by atoms with Crippen LogP contribution in [-0.2, 0) is 0 Å². The Balaban J connectivity index is 1.01. The van der Waals surface area contributed by atoms with Crippen molar-refractivity contribution in [3.63, 3.8) is 0 Å². The number of hydrogen-bond acceptors (Lipinski definition) is 5. The first-order valence-corrected chi connectivity index (χ1v) is 20.3. The number of aromatic nitrogens is 1. The fourth-order valence-corrected chi connectivity index (χ4v) is 9.35. The quantitative estimate of drug-likeness (QED) is 0.190. The van der Waals surface area contributed by atoms with Crippen LogP contribution in [0.3, 0.4) is 0 Å². The third kappa shape index (κ3) is 5.26. The molecule has 0 radical (unpaired) electrons. The molecule has 1 N–H and O–H groups in total. The van der Waals surface area contributed by atoms with E-state index < -0.39 is 5.66 Å². The first-order chi connectivity index (χ1) is 29.0. The average molecular weight is 763 g/mol. The van der Waals surface area contributed by atoms with E-state index in [9.17, 15) is 0 Å². The molecule has 0 bridgehead atoms. The SMILES string of the molecule is CC1C=CC=C(C2(C)N=C(c3cccc4oc5ccc(-c6ccc7oc8c(-n9c%10ccccc%10c%10ccccc%109)cccc8c7c6)cc5c34)N=C(c3ccccc3)N2)C1. The molecule has 0 fully saturated rings. The molecule has 282 valence electrons. The Morgan fingerprint density at radius 2 is 1.31 bits per heavy atom. The first kappa shape index (κ1) is 33.7. The molecule has 6 nitrogen and oxygen atoms in total. The molecule has 0 spiro atoms. The summed E-state index contributed by atoms with van der Waals surface area (Å²) in [5, 5.41) is 10.3. The molecular weight excluding hydrogens is 725 g/mol. The highest BCUT2D eigenvalue weighted by molar-refractivity contribution is 6.22. The molecule has 0 saturated heterocycles. The van der Waals surface area contributed by atoms with Gasteiger partial charge >= 0.3 is 0 Å². The van der Waals surface area contributed by atoms with E-state index in [2.05, 4.69) is 163 Å². The Morgan fingerprint density at radius 1 is 0.627 bits per heavy atom. The Labute approximate surface area is 340 Å². The van der Waals surface area contributed by atoms with Gasteiger partial charge in [-0.1, -0.05) is 128 Å². The summed E-state index contributed by atoms with van der Waals surface area (Å²) < 4.78 is 15.6. The lowest BCUT2D eigenvalue weighted by Crippen LogP contribution is -2.50. The largest absolute Gasteiger partial charge is 0.456 e. The second-order valence-electron chi connectivity index (χ2n) is 16.0. The van der Waals surface area contributed by atoms with Crippen LogP contribution in [-0.4, -0.2) is 21.9 Å². The summed E-state index contributed by atoms with van der Waals surface area (Å²) in [6, 6.07) is 53.1. The Morgan fingerprint density at radius 3 is 2.07 bits per heavy atom. The zero-order valence-electron chi connectivity index (χ0n) is 32.6. The molecular formula is C53H38N4O2. The molecule has 2 atom stereocenters. The van der Waals surface area contributed by atoms with Crippen molar-refractivity contribution in [2.75, 3.05) is 0 Å². The smallest absolute Gasteiger partial charge is 0.160 e. The van der Waals surface area contributed by atoms with Gasteiger partial charge in [-0.3, -0.25) is 0 Å². The molecule has 4 heterocycles. The van der Waals surface area contributed by atoms with Crippen LogP contribution in [0.4, 0.5) is 0 Å². The highest BCUT2D eigenvalue weighted by atomic mass is 16.3. The summed E-state index contributed by atoms with van der Waals surface area (Å²) in [6.07, 6.45) is 7.52. The first-order valence-electron chi connectivity index (χ1n) is 20.3. The minimum absolute atomic E-state index is 0.423. The van der Waals surface area contributed by atoms with E-state index >= 15 is 0 Å². The van der Waals surface area contributed by atoms with Crippen LogP contribution in [0.15, 0.2) is 194 Å². The normalized spacial score (nSPS) is 18.2. The molecule has 1 aliphatic heterocycles. The van der Waals surface area contributed by atoms with Crippen molar-refractivity contribution in [1.29, 1.82) is 0 Å². The molecule has 7 aromatic carbocycles. The van der Waals surface area contributed by atoms with E-state index in [0.717, 1.165) is 95.1 Å². The second-order valence-corrected chi connectivity index (χ2v) is 16.0. The van der Waals surface area contributed by atoms with Gasteiger partial charge in [0.2, 0.25) is 0 Å². The van der Waals surface area contributed by atoms with E-state index in [1.165, 1.54) is 16.3 Å². The minimum atomic E-state index is -0.682. The van der Waals surface area contributed by atoms with Crippen LogP contribution >= 0.6 is 0 Å². The van der Waals surface area contributed by atoms with Crippen molar-refractivity contribution in [3.05, 3.63) is 187 Å². The molecule has 1 aliphatic carbocycles. The molecule has 59 heavy (non-hydrogen) atoms. The monoisotopic (exact) mass is 762 g/mol. The van der Waals surface area contributed by atoms with Gasteiger partial charge in [-0.05, 0) is 84.5 Å². The van der Waals surface area contributed by atoms with Crippen LogP contribution < -0.4 is 5.32 Å². The van der Waals surface area contributed by atoms with E-state index in [1.807, 2.05) is 30.3 Å². The highest BCUT2D eigenvalue weighted by Gasteiger charge is 2.35. The molecule has 2 unspecified atom stereocenters.